The van der Waals surface area contributed by atoms with E-state index in [0.717, 1.165) is 5.01 Å². The molecule has 130 valence electrons. The Morgan fingerprint density at radius 3 is 2.29 bits per heavy atom. The summed E-state index contributed by atoms with van der Waals surface area (Å²) in [5, 5.41) is 9.95. The Labute approximate surface area is 146 Å². The summed E-state index contributed by atoms with van der Waals surface area (Å²) in [5.41, 5.74) is 1.20. The fourth-order valence-electron chi connectivity index (χ4n) is 2.22. The van der Waals surface area contributed by atoms with Gasteiger partial charge in [0.1, 0.15) is 17.0 Å². The van der Waals surface area contributed by atoms with Gasteiger partial charge in [-0.25, -0.2) is 24.9 Å². The van der Waals surface area contributed by atoms with Crippen LogP contribution in [0.2, 0.25) is 5.02 Å². The summed E-state index contributed by atoms with van der Waals surface area (Å²) >= 11 is 5.87. The molecule has 1 aliphatic heterocycles. The largest absolute Gasteiger partial charge is 0.443 e. The molecule has 8 heteroatoms. The summed E-state index contributed by atoms with van der Waals surface area (Å²) in [5.74, 6) is 0.0332. The summed E-state index contributed by atoms with van der Waals surface area (Å²) in [6.07, 6.45) is -0.755. The molecule has 0 aromatic heterocycles. The van der Waals surface area contributed by atoms with Crippen molar-refractivity contribution in [3.05, 3.63) is 29.3 Å². The molecule has 0 aliphatic carbocycles. The van der Waals surface area contributed by atoms with Crippen molar-refractivity contribution in [3.63, 3.8) is 0 Å². The number of hydrogen-bond donors (Lipinski definition) is 2. The summed E-state index contributed by atoms with van der Waals surface area (Å²) in [6.45, 7) is 8.52. The minimum Gasteiger partial charge on any atom is -0.443 e. The molecule has 1 aromatic carbocycles. The Kier molecular flexibility index (Phi) is 4.50. The number of urea groups is 1. The highest BCUT2D eigenvalue weighted by molar-refractivity contribution is 6.31. The second-order valence-corrected chi connectivity index (χ2v) is 7.39. The zero-order valence-electron chi connectivity index (χ0n) is 14.3. The van der Waals surface area contributed by atoms with Gasteiger partial charge in [0.2, 0.25) is 0 Å². The summed E-state index contributed by atoms with van der Waals surface area (Å²) in [7, 11) is 0. The lowest BCUT2D eigenvalue weighted by Gasteiger charge is -2.30. The molecule has 24 heavy (non-hydrogen) atoms. The van der Waals surface area contributed by atoms with Crippen molar-refractivity contribution in [3.8, 4) is 0 Å². The van der Waals surface area contributed by atoms with Crippen molar-refractivity contribution in [1.29, 1.82) is 5.41 Å². The van der Waals surface area contributed by atoms with Crippen LogP contribution in [0.15, 0.2) is 24.3 Å². The first-order valence-corrected chi connectivity index (χ1v) is 7.80. The summed E-state index contributed by atoms with van der Waals surface area (Å²) < 4.78 is 5.18. The molecule has 3 amide bonds. The molecule has 0 radical (unpaired) electrons. The number of benzene rings is 1. The molecule has 2 N–H and O–H groups in total. The minimum absolute atomic E-state index is 0.0332. The van der Waals surface area contributed by atoms with Crippen molar-refractivity contribution in [2.75, 3.05) is 4.90 Å². The van der Waals surface area contributed by atoms with Gasteiger partial charge in [-0.2, -0.15) is 0 Å². The Morgan fingerprint density at radius 1 is 1.25 bits per heavy atom. The monoisotopic (exact) mass is 352 g/mol. The van der Waals surface area contributed by atoms with Gasteiger partial charge in [-0.1, -0.05) is 11.6 Å². The Balaban J connectivity index is 2.27. The van der Waals surface area contributed by atoms with Crippen LogP contribution >= 0.6 is 11.6 Å². The first-order valence-electron chi connectivity index (χ1n) is 7.42. The van der Waals surface area contributed by atoms with Gasteiger partial charge >= 0.3 is 12.1 Å². The van der Waals surface area contributed by atoms with Crippen LogP contribution in [0, 0.1) is 5.41 Å². The average Bonchev–Trinajstić information content (AvgIpc) is 2.59. The molecule has 0 unspecified atom stereocenters. The number of hydrazine groups is 1. The van der Waals surface area contributed by atoms with Gasteiger partial charge in [0.05, 0.1) is 5.69 Å². The van der Waals surface area contributed by atoms with E-state index < -0.39 is 23.3 Å². The maximum atomic E-state index is 12.7. The number of halogens is 1. The van der Waals surface area contributed by atoms with Gasteiger partial charge in [-0.3, -0.25) is 5.41 Å². The van der Waals surface area contributed by atoms with Crippen molar-refractivity contribution >= 4 is 35.2 Å². The lowest BCUT2D eigenvalue weighted by Crippen LogP contribution is -2.55. The number of ether oxygens (including phenoxy) is 1. The predicted octanol–water partition coefficient (Wildman–Crippen LogP) is 3.78. The van der Waals surface area contributed by atoms with Gasteiger partial charge in [0.25, 0.3) is 0 Å². The van der Waals surface area contributed by atoms with Crippen LogP contribution in [-0.4, -0.2) is 34.1 Å². The lowest BCUT2D eigenvalue weighted by atomic mass is 10.1. The minimum atomic E-state index is -1.03. The smallest absolute Gasteiger partial charge is 0.426 e. The molecule has 1 heterocycles. The highest BCUT2D eigenvalue weighted by atomic mass is 35.5. The Morgan fingerprint density at radius 2 is 1.79 bits per heavy atom. The van der Waals surface area contributed by atoms with Crippen molar-refractivity contribution in [1.82, 2.24) is 10.4 Å². The van der Waals surface area contributed by atoms with Gasteiger partial charge in [0.15, 0.2) is 0 Å². The van der Waals surface area contributed by atoms with Crippen molar-refractivity contribution in [2.45, 2.75) is 45.8 Å². The van der Waals surface area contributed by atoms with E-state index in [1.165, 1.54) is 4.90 Å². The average molecular weight is 353 g/mol. The van der Waals surface area contributed by atoms with Crippen molar-refractivity contribution in [2.24, 2.45) is 0 Å². The van der Waals surface area contributed by atoms with Crippen LogP contribution in [-0.2, 0) is 4.74 Å². The number of nitrogens with zero attached hydrogens (tertiary/aromatic N) is 2. The van der Waals surface area contributed by atoms with Gasteiger partial charge in [0, 0.05) is 5.02 Å². The molecule has 0 atom stereocenters. The van der Waals surface area contributed by atoms with E-state index in [1.807, 2.05) is 0 Å². The fourth-order valence-corrected chi connectivity index (χ4v) is 2.35. The molecular formula is C16H21ClN4O3. The van der Waals surface area contributed by atoms with E-state index in [1.54, 1.807) is 58.9 Å². The van der Waals surface area contributed by atoms with Crippen LogP contribution in [0.25, 0.3) is 0 Å². The third-order valence-electron chi connectivity index (χ3n) is 3.43. The van der Waals surface area contributed by atoms with E-state index in [4.69, 9.17) is 21.7 Å². The number of nitrogens with one attached hydrogen (secondary N) is 2. The van der Waals surface area contributed by atoms with Crippen LogP contribution < -0.4 is 10.3 Å². The van der Waals surface area contributed by atoms with Crippen LogP contribution in [0.4, 0.5) is 15.3 Å². The van der Waals surface area contributed by atoms with Crippen molar-refractivity contribution < 1.29 is 14.3 Å². The molecule has 2 rings (SSSR count). The van der Waals surface area contributed by atoms with E-state index >= 15 is 0 Å². The van der Waals surface area contributed by atoms with E-state index in [9.17, 15) is 9.59 Å². The third kappa shape index (κ3) is 3.46. The number of carbonyl (C=O) groups excluding carboxylic acids is 2. The summed E-state index contributed by atoms with van der Waals surface area (Å²) in [6, 6.07) is 6.00. The zero-order valence-corrected chi connectivity index (χ0v) is 15.1. The van der Waals surface area contributed by atoms with Gasteiger partial charge in [-0.15, -0.1) is 0 Å². The number of hydrogen-bond acceptors (Lipinski definition) is 4. The second-order valence-electron chi connectivity index (χ2n) is 6.95. The molecular weight excluding hydrogens is 332 g/mol. The maximum Gasteiger partial charge on any atom is 0.426 e. The number of carbonyl (C=O) groups is 2. The first-order chi connectivity index (χ1) is 10.9. The molecule has 0 bridgehead atoms. The fraction of sp³-hybridized carbons (Fsp3) is 0.438. The highest BCUT2D eigenvalue weighted by Gasteiger charge is 2.50. The van der Waals surface area contributed by atoms with E-state index in [-0.39, 0.29) is 5.84 Å². The van der Waals surface area contributed by atoms with Crippen LogP contribution in [0.1, 0.15) is 34.6 Å². The number of anilines is 1. The molecule has 7 nitrogen and oxygen atoms in total. The Hall–Kier alpha value is -2.28. The zero-order chi connectivity index (χ0) is 18.3. The molecule has 0 spiro atoms. The number of amides is 3. The number of rotatable bonds is 2. The molecule has 1 fully saturated rings. The molecule has 0 saturated carbocycles. The quantitative estimate of drug-likeness (QED) is 0.849. The van der Waals surface area contributed by atoms with Gasteiger partial charge < -0.3 is 4.74 Å². The molecule has 1 aromatic rings. The second kappa shape index (κ2) is 5.98. The third-order valence-corrected chi connectivity index (χ3v) is 3.68. The lowest BCUT2D eigenvalue weighted by molar-refractivity contribution is 0.0328. The summed E-state index contributed by atoms with van der Waals surface area (Å²) in [4.78, 5) is 26.0. The van der Waals surface area contributed by atoms with Crippen LogP contribution in [0.3, 0.4) is 0 Å². The topological polar surface area (TPSA) is 85.7 Å². The van der Waals surface area contributed by atoms with E-state index in [0.29, 0.717) is 10.7 Å². The predicted molar refractivity (Wildman–Crippen MR) is 92.3 cm³/mol. The highest BCUT2D eigenvalue weighted by Crippen LogP contribution is 2.31. The van der Waals surface area contributed by atoms with Gasteiger partial charge in [-0.05, 0) is 58.9 Å². The standard InChI is InChI=1S/C16H21ClN4O3/c1-15(2,3)24-13(22)19-21-14(23)20(12(18)16(21,4)5)11-8-6-10(17)7-9-11/h6-9,18H,1-5H3,(H,19,22). The molecule has 1 aliphatic rings. The molecule has 1 saturated heterocycles. The van der Waals surface area contributed by atoms with E-state index in [2.05, 4.69) is 5.43 Å². The SMILES string of the molecule is CC(C)(C)OC(=O)NN1C(=O)N(c2ccc(Cl)cc2)C(=N)C1(C)C. The number of amidine groups is 1. The van der Waals surface area contributed by atoms with Crippen LogP contribution in [0.5, 0.6) is 0 Å². The Bertz CT molecular complexity index is 680. The first kappa shape index (κ1) is 18.1. The normalized spacial score (nSPS) is 17.2. The maximum absolute atomic E-state index is 12.7.